The number of aromatic nitrogens is 2. The molecule has 23 heavy (non-hydrogen) atoms. The van der Waals surface area contributed by atoms with E-state index in [9.17, 15) is 9.18 Å². The Kier molecular flexibility index (Phi) is 6.26. The lowest BCUT2D eigenvalue weighted by Gasteiger charge is -2.21. The summed E-state index contributed by atoms with van der Waals surface area (Å²) in [7, 11) is 0. The predicted molar refractivity (Wildman–Crippen MR) is 85.2 cm³/mol. The Balaban J connectivity index is 1.93. The average molecular weight is 319 g/mol. The molecule has 0 N–H and O–H groups in total. The fourth-order valence-electron chi connectivity index (χ4n) is 2.34. The van der Waals surface area contributed by atoms with Gasteiger partial charge in [0.25, 0.3) is 0 Å². The maximum Gasteiger partial charge on any atom is 0.247 e. The molecule has 1 aromatic heterocycles. The van der Waals surface area contributed by atoms with Gasteiger partial charge in [0.05, 0.1) is 0 Å². The number of nitrogens with zero attached hydrogens (tertiary/aromatic N) is 3. The highest BCUT2D eigenvalue weighted by Gasteiger charge is 2.14. The minimum Gasteiger partial charge on any atom is -0.421 e. The van der Waals surface area contributed by atoms with Crippen LogP contribution < -0.4 is 0 Å². The van der Waals surface area contributed by atoms with Gasteiger partial charge < -0.3 is 9.32 Å². The quantitative estimate of drug-likeness (QED) is 0.747. The van der Waals surface area contributed by atoms with Gasteiger partial charge in [0.15, 0.2) is 0 Å². The minimum absolute atomic E-state index is 0.107. The third-order valence-corrected chi connectivity index (χ3v) is 3.45. The molecule has 0 fully saturated rings. The van der Waals surface area contributed by atoms with Crippen LogP contribution in [0.4, 0.5) is 4.39 Å². The molecule has 0 spiro atoms. The van der Waals surface area contributed by atoms with E-state index >= 15 is 0 Å². The van der Waals surface area contributed by atoms with Crippen molar-refractivity contribution in [1.82, 2.24) is 15.1 Å². The summed E-state index contributed by atoms with van der Waals surface area (Å²) in [5, 5.41) is 7.90. The number of halogens is 1. The van der Waals surface area contributed by atoms with Crippen LogP contribution in [0.25, 0.3) is 11.5 Å². The highest BCUT2D eigenvalue weighted by Crippen LogP contribution is 2.18. The Bertz CT molecular complexity index is 619. The number of carbonyl (C=O) groups excluding carboxylic acids is 1. The molecule has 0 unspecified atom stereocenters. The van der Waals surface area contributed by atoms with Crippen molar-refractivity contribution in [2.75, 3.05) is 13.1 Å². The molecule has 2 aromatic rings. The van der Waals surface area contributed by atoms with Crippen LogP contribution in [-0.4, -0.2) is 34.1 Å². The van der Waals surface area contributed by atoms with Gasteiger partial charge in [-0.2, -0.15) is 0 Å². The molecule has 124 valence electrons. The largest absolute Gasteiger partial charge is 0.421 e. The normalized spacial score (nSPS) is 10.7. The molecule has 0 aliphatic heterocycles. The summed E-state index contributed by atoms with van der Waals surface area (Å²) in [6, 6.07) is 5.86. The average Bonchev–Trinajstić information content (AvgIpc) is 3.02. The van der Waals surface area contributed by atoms with Gasteiger partial charge in [-0.1, -0.05) is 13.8 Å². The van der Waals surface area contributed by atoms with Gasteiger partial charge >= 0.3 is 0 Å². The molecule has 0 radical (unpaired) electrons. The van der Waals surface area contributed by atoms with Crippen molar-refractivity contribution in [1.29, 1.82) is 0 Å². The first-order chi connectivity index (χ1) is 11.1. The highest BCUT2D eigenvalue weighted by molar-refractivity contribution is 5.76. The predicted octanol–water partition coefficient (Wildman–Crippen LogP) is 3.46. The van der Waals surface area contributed by atoms with E-state index in [0.29, 0.717) is 30.2 Å². The Morgan fingerprint density at radius 2 is 1.78 bits per heavy atom. The van der Waals surface area contributed by atoms with E-state index in [2.05, 4.69) is 24.0 Å². The van der Waals surface area contributed by atoms with E-state index in [-0.39, 0.29) is 11.7 Å². The number of rotatable bonds is 8. The van der Waals surface area contributed by atoms with E-state index in [1.54, 1.807) is 12.1 Å². The monoisotopic (exact) mass is 319 g/mol. The summed E-state index contributed by atoms with van der Waals surface area (Å²) in [6.45, 7) is 5.67. The third-order valence-electron chi connectivity index (χ3n) is 3.45. The molecule has 0 saturated carbocycles. The zero-order chi connectivity index (χ0) is 16.7. The van der Waals surface area contributed by atoms with Crippen molar-refractivity contribution in [3.63, 3.8) is 0 Å². The highest BCUT2D eigenvalue weighted by atomic mass is 19.1. The standard InChI is InChI=1S/C17H22FN3O2/c1-3-11-21(12-4-2)16(22)10-9-15-19-20-17(23-15)13-5-7-14(18)8-6-13/h5-8H,3-4,9-12H2,1-2H3. The van der Waals surface area contributed by atoms with Gasteiger partial charge in [-0.25, -0.2) is 4.39 Å². The van der Waals surface area contributed by atoms with Gasteiger partial charge in [0.1, 0.15) is 5.82 Å². The Hall–Kier alpha value is -2.24. The molecule has 5 nitrogen and oxygen atoms in total. The minimum atomic E-state index is -0.314. The fraction of sp³-hybridized carbons (Fsp3) is 0.471. The summed E-state index contributed by atoms with van der Waals surface area (Å²) in [5.74, 6) is 0.554. The van der Waals surface area contributed by atoms with Crippen molar-refractivity contribution in [2.45, 2.75) is 39.5 Å². The van der Waals surface area contributed by atoms with Crippen molar-refractivity contribution in [2.24, 2.45) is 0 Å². The number of hydrogen-bond acceptors (Lipinski definition) is 4. The van der Waals surface area contributed by atoms with E-state index in [1.807, 2.05) is 4.90 Å². The van der Waals surface area contributed by atoms with Crippen molar-refractivity contribution in [3.8, 4) is 11.5 Å². The molecular formula is C17H22FN3O2. The summed E-state index contributed by atoms with van der Waals surface area (Å²) >= 11 is 0. The van der Waals surface area contributed by atoms with Gasteiger partial charge in [-0.15, -0.1) is 10.2 Å². The maximum atomic E-state index is 12.9. The lowest BCUT2D eigenvalue weighted by molar-refractivity contribution is -0.131. The fourth-order valence-corrected chi connectivity index (χ4v) is 2.34. The number of benzene rings is 1. The molecule has 0 atom stereocenters. The van der Waals surface area contributed by atoms with Gasteiger partial charge in [-0.3, -0.25) is 4.79 Å². The smallest absolute Gasteiger partial charge is 0.247 e. The Morgan fingerprint density at radius 3 is 2.39 bits per heavy atom. The van der Waals surface area contributed by atoms with E-state index in [4.69, 9.17) is 4.42 Å². The molecular weight excluding hydrogens is 297 g/mol. The van der Waals surface area contributed by atoms with Gasteiger partial charge in [-0.05, 0) is 37.1 Å². The molecule has 1 aromatic carbocycles. The van der Waals surface area contributed by atoms with Crippen molar-refractivity contribution in [3.05, 3.63) is 36.0 Å². The molecule has 1 amide bonds. The van der Waals surface area contributed by atoms with Crippen LogP contribution in [-0.2, 0) is 11.2 Å². The van der Waals surface area contributed by atoms with Crippen LogP contribution in [0.5, 0.6) is 0 Å². The second-order valence-electron chi connectivity index (χ2n) is 5.39. The Morgan fingerprint density at radius 1 is 1.13 bits per heavy atom. The first-order valence-electron chi connectivity index (χ1n) is 8.00. The number of amides is 1. The molecule has 2 rings (SSSR count). The van der Waals surface area contributed by atoms with E-state index in [1.165, 1.54) is 12.1 Å². The van der Waals surface area contributed by atoms with Gasteiger partial charge in [0.2, 0.25) is 17.7 Å². The van der Waals surface area contributed by atoms with E-state index in [0.717, 1.165) is 25.9 Å². The first kappa shape index (κ1) is 17.1. The SMILES string of the molecule is CCCN(CCC)C(=O)CCc1nnc(-c2ccc(F)cc2)o1. The molecule has 0 bridgehead atoms. The number of carbonyl (C=O) groups is 1. The molecule has 1 heterocycles. The molecule has 0 aliphatic rings. The third kappa shape index (κ3) is 4.87. The summed E-state index contributed by atoms with van der Waals surface area (Å²) < 4.78 is 18.5. The van der Waals surface area contributed by atoms with Gasteiger partial charge in [0, 0.05) is 31.5 Å². The summed E-state index contributed by atoms with van der Waals surface area (Å²) in [4.78, 5) is 14.1. The zero-order valence-electron chi connectivity index (χ0n) is 13.6. The summed E-state index contributed by atoms with van der Waals surface area (Å²) in [6.07, 6.45) is 2.66. The second kappa shape index (κ2) is 8.41. The number of hydrogen-bond donors (Lipinski definition) is 0. The van der Waals surface area contributed by atoms with E-state index < -0.39 is 0 Å². The lowest BCUT2D eigenvalue weighted by atomic mass is 10.2. The molecule has 6 heteroatoms. The first-order valence-corrected chi connectivity index (χ1v) is 8.00. The van der Waals surface area contributed by atoms with Crippen molar-refractivity contribution >= 4 is 5.91 Å². The van der Waals surface area contributed by atoms with Crippen LogP contribution in [0.1, 0.15) is 39.0 Å². The van der Waals surface area contributed by atoms with Crippen molar-refractivity contribution < 1.29 is 13.6 Å². The van der Waals surface area contributed by atoms with Crippen LogP contribution >= 0.6 is 0 Å². The maximum absolute atomic E-state index is 12.9. The lowest BCUT2D eigenvalue weighted by Crippen LogP contribution is -2.32. The van der Waals surface area contributed by atoms with Crippen LogP contribution in [0.2, 0.25) is 0 Å². The van der Waals surface area contributed by atoms with Crippen LogP contribution in [0.3, 0.4) is 0 Å². The zero-order valence-corrected chi connectivity index (χ0v) is 13.6. The Labute approximate surface area is 135 Å². The van der Waals surface area contributed by atoms with Crippen LogP contribution in [0, 0.1) is 5.82 Å². The summed E-state index contributed by atoms with van der Waals surface area (Å²) in [5.41, 5.74) is 0.662. The molecule has 0 saturated heterocycles. The number of aryl methyl sites for hydroxylation is 1. The topological polar surface area (TPSA) is 59.2 Å². The second-order valence-corrected chi connectivity index (χ2v) is 5.39. The van der Waals surface area contributed by atoms with Crippen LogP contribution in [0.15, 0.2) is 28.7 Å². The molecule has 0 aliphatic carbocycles.